The monoisotopic (exact) mass is 277 g/mol. The zero-order valence-corrected chi connectivity index (χ0v) is 13.2. The molecule has 2 heterocycles. The van der Waals surface area contributed by atoms with Crippen molar-refractivity contribution in [1.82, 2.24) is 15.3 Å². The van der Waals surface area contributed by atoms with Gasteiger partial charge in [-0.05, 0) is 58.2 Å². The predicted octanol–water partition coefficient (Wildman–Crippen LogP) is 2.39. The minimum Gasteiger partial charge on any atom is -0.381 e. The highest BCUT2D eigenvalue weighted by molar-refractivity contribution is 5.25. The molecule has 0 spiro atoms. The molecular formula is C16H27N3O. The molecule has 1 atom stereocenters. The Bertz CT molecular complexity index is 418. The fraction of sp³-hybridized carbons (Fsp3) is 0.750. The molecule has 1 N–H and O–H groups in total. The molecule has 1 fully saturated rings. The lowest BCUT2D eigenvalue weighted by Crippen LogP contribution is -2.21. The predicted molar refractivity (Wildman–Crippen MR) is 81.1 cm³/mol. The average molecular weight is 277 g/mol. The molecule has 112 valence electrons. The largest absolute Gasteiger partial charge is 0.381 e. The van der Waals surface area contributed by atoms with Gasteiger partial charge in [0.1, 0.15) is 5.82 Å². The average Bonchev–Trinajstić information content (AvgIpc) is 2.44. The number of hydrogen-bond acceptors (Lipinski definition) is 4. The third kappa shape index (κ3) is 3.76. The summed E-state index contributed by atoms with van der Waals surface area (Å²) in [5, 5.41) is 3.24. The summed E-state index contributed by atoms with van der Waals surface area (Å²) >= 11 is 0. The van der Waals surface area contributed by atoms with Crippen LogP contribution >= 0.6 is 0 Å². The summed E-state index contributed by atoms with van der Waals surface area (Å²) in [6.07, 6.45) is 3.15. The van der Waals surface area contributed by atoms with Crippen molar-refractivity contribution in [2.45, 2.75) is 46.0 Å². The maximum atomic E-state index is 5.42. The lowest BCUT2D eigenvalue weighted by Gasteiger charge is -2.22. The van der Waals surface area contributed by atoms with E-state index in [1.807, 2.05) is 7.05 Å². The van der Waals surface area contributed by atoms with E-state index in [1.165, 1.54) is 5.56 Å². The second kappa shape index (κ2) is 7.14. The van der Waals surface area contributed by atoms with Crippen molar-refractivity contribution in [3.8, 4) is 0 Å². The molecule has 1 saturated heterocycles. The number of ether oxygens (including phenoxy) is 1. The Morgan fingerprint density at radius 1 is 1.20 bits per heavy atom. The third-order valence-electron chi connectivity index (χ3n) is 4.13. The van der Waals surface area contributed by atoms with Gasteiger partial charge in [0.2, 0.25) is 0 Å². The van der Waals surface area contributed by atoms with Gasteiger partial charge >= 0.3 is 0 Å². The Morgan fingerprint density at radius 2 is 1.80 bits per heavy atom. The Hall–Kier alpha value is -1.00. The van der Waals surface area contributed by atoms with E-state index in [1.54, 1.807) is 0 Å². The van der Waals surface area contributed by atoms with Crippen LogP contribution in [0.5, 0.6) is 0 Å². The zero-order valence-electron chi connectivity index (χ0n) is 13.2. The first-order valence-corrected chi connectivity index (χ1v) is 7.68. The molecule has 0 bridgehead atoms. The molecule has 1 aromatic heterocycles. The second-order valence-corrected chi connectivity index (χ2v) is 5.98. The first-order valence-electron chi connectivity index (χ1n) is 7.68. The highest BCUT2D eigenvalue weighted by Crippen LogP contribution is 2.26. The van der Waals surface area contributed by atoms with E-state index in [9.17, 15) is 0 Å². The number of nitrogens with zero attached hydrogens (tertiary/aromatic N) is 2. The molecule has 1 aliphatic rings. The van der Waals surface area contributed by atoms with Crippen molar-refractivity contribution in [3.63, 3.8) is 0 Å². The van der Waals surface area contributed by atoms with Gasteiger partial charge in [-0.1, -0.05) is 6.92 Å². The van der Waals surface area contributed by atoms with E-state index in [2.05, 4.69) is 26.1 Å². The van der Waals surface area contributed by atoms with Gasteiger partial charge in [0, 0.05) is 30.5 Å². The van der Waals surface area contributed by atoms with Crippen LogP contribution in [0.25, 0.3) is 0 Å². The van der Waals surface area contributed by atoms with Gasteiger partial charge in [0.25, 0.3) is 0 Å². The Kier molecular flexibility index (Phi) is 5.49. The second-order valence-electron chi connectivity index (χ2n) is 5.98. The maximum Gasteiger partial charge on any atom is 0.132 e. The molecule has 4 nitrogen and oxygen atoms in total. The summed E-state index contributed by atoms with van der Waals surface area (Å²) < 4.78 is 5.42. The molecule has 0 amide bonds. The van der Waals surface area contributed by atoms with Crippen LogP contribution in [0, 0.1) is 19.8 Å². The van der Waals surface area contributed by atoms with Crippen LogP contribution in [0.15, 0.2) is 0 Å². The van der Waals surface area contributed by atoms with Gasteiger partial charge in [-0.2, -0.15) is 0 Å². The molecule has 1 aromatic rings. The Labute approximate surface area is 122 Å². The van der Waals surface area contributed by atoms with Gasteiger partial charge in [0.05, 0.1) is 0 Å². The van der Waals surface area contributed by atoms with Crippen LogP contribution in [0.1, 0.15) is 48.5 Å². The van der Waals surface area contributed by atoms with E-state index in [-0.39, 0.29) is 0 Å². The maximum absolute atomic E-state index is 5.42. The topological polar surface area (TPSA) is 47.0 Å². The Balaban J connectivity index is 2.15. The number of aromatic nitrogens is 2. The molecular weight excluding hydrogens is 250 g/mol. The van der Waals surface area contributed by atoms with Crippen molar-refractivity contribution in [1.29, 1.82) is 0 Å². The fourth-order valence-electron chi connectivity index (χ4n) is 2.97. The van der Waals surface area contributed by atoms with Crippen LogP contribution < -0.4 is 5.32 Å². The SMILES string of the molecule is CNCC(C)Cc1c(C)nc(C2CCOCC2)nc1C. The molecule has 4 heteroatoms. The van der Waals surface area contributed by atoms with E-state index in [0.29, 0.717) is 11.8 Å². The van der Waals surface area contributed by atoms with Gasteiger partial charge in [0.15, 0.2) is 0 Å². The summed E-state index contributed by atoms with van der Waals surface area (Å²) in [6.45, 7) is 9.22. The van der Waals surface area contributed by atoms with Crippen molar-refractivity contribution in [2.75, 3.05) is 26.8 Å². The molecule has 1 aliphatic heterocycles. The third-order valence-corrected chi connectivity index (χ3v) is 4.13. The number of hydrogen-bond donors (Lipinski definition) is 1. The van der Waals surface area contributed by atoms with Crippen LogP contribution in [-0.2, 0) is 11.2 Å². The number of rotatable bonds is 5. The summed E-state index contributed by atoms with van der Waals surface area (Å²) in [4.78, 5) is 9.57. The minimum absolute atomic E-state index is 0.477. The molecule has 0 saturated carbocycles. The van der Waals surface area contributed by atoms with Gasteiger partial charge in [-0.15, -0.1) is 0 Å². The van der Waals surface area contributed by atoms with E-state index in [4.69, 9.17) is 14.7 Å². The quantitative estimate of drug-likeness (QED) is 0.897. The zero-order chi connectivity index (χ0) is 14.5. The summed E-state index contributed by atoms with van der Waals surface area (Å²) in [6, 6.07) is 0. The Morgan fingerprint density at radius 3 is 2.35 bits per heavy atom. The molecule has 2 rings (SSSR count). The van der Waals surface area contributed by atoms with Gasteiger partial charge in [-0.3, -0.25) is 0 Å². The van der Waals surface area contributed by atoms with Crippen molar-refractivity contribution in [3.05, 3.63) is 22.8 Å². The van der Waals surface area contributed by atoms with Crippen LogP contribution in [0.2, 0.25) is 0 Å². The van der Waals surface area contributed by atoms with Crippen LogP contribution in [0.4, 0.5) is 0 Å². The van der Waals surface area contributed by atoms with Gasteiger partial charge < -0.3 is 10.1 Å². The van der Waals surface area contributed by atoms with Crippen molar-refractivity contribution >= 4 is 0 Å². The van der Waals surface area contributed by atoms with E-state index < -0.39 is 0 Å². The first kappa shape index (κ1) is 15.4. The minimum atomic E-state index is 0.477. The first-order chi connectivity index (χ1) is 9.61. The number of nitrogens with one attached hydrogen (secondary N) is 1. The van der Waals surface area contributed by atoms with E-state index in [0.717, 1.165) is 56.2 Å². The number of aryl methyl sites for hydroxylation is 2. The smallest absolute Gasteiger partial charge is 0.132 e. The lowest BCUT2D eigenvalue weighted by atomic mass is 9.96. The molecule has 0 aromatic carbocycles. The molecule has 0 radical (unpaired) electrons. The summed E-state index contributed by atoms with van der Waals surface area (Å²) in [5.74, 6) is 2.10. The molecule has 20 heavy (non-hydrogen) atoms. The highest BCUT2D eigenvalue weighted by atomic mass is 16.5. The summed E-state index contributed by atoms with van der Waals surface area (Å²) in [7, 11) is 2.00. The van der Waals surface area contributed by atoms with Crippen molar-refractivity contribution in [2.24, 2.45) is 5.92 Å². The van der Waals surface area contributed by atoms with Gasteiger partial charge in [-0.25, -0.2) is 9.97 Å². The molecule has 0 aliphatic carbocycles. The standard InChI is InChI=1S/C16H27N3O/c1-11(10-17-4)9-15-12(2)18-16(19-13(15)3)14-5-7-20-8-6-14/h11,14,17H,5-10H2,1-4H3. The van der Waals surface area contributed by atoms with Crippen molar-refractivity contribution < 1.29 is 4.74 Å². The lowest BCUT2D eigenvalue weighted by molar-refractivity contribution is 0.0835. The van der Waals surface area contributed by atoms with E-state index >= 15 is 0 Å². The fourth-order valence-corrected chi connectivity index (χ4v) is 2.97. The normalized spacial score (nSPS) is 18.2. The van der Waals surface area contributed by atoms with Crippen LogP contribution in [0.3, 0.4) is 0 Å². The molecule has 1 unspecified atom stereocenters. The van der Waals surface area contributed by atoms with Crippen LogP contribution in [-0.4, -0.2) is 36.8 Å². The highest BCUT2D eigenvalue weighted by Gasteiger charge is 2.20. The summed E-state index contributed by atoms with van der Waals surface area (Å²) in [5.41, 5.74) is 3.63.